The fourth-order valence-electron chi connectivity index (χ4n) is 1.61. The number of rotatable bonds is 5. The second kappa shape index (κ2) is 5.22. The largest absolute Gasteiger partial charge is 0.381 e. The van der Waals surface area contributed by atoms with E-state index in [1.165, 1.54) is 17.1 Å². The van der Waals surface area contributed by atoms with Gasteiger partial charge in [0.25, 0.3) is 0 Å². The maximum absolute atomic E-state index is 11.7. The van der Waals surface area contributed by atoms with Crippen LogP contribution in [-0.2, 0) is 17.8 Å². The van der Waals surface area contributed by atoms with Gasteiger partial charge in [-0.15, -0.1) is 0 Å². The molecule has 2 rings (SSSR count). The van der Waals surface area contributed by atoms with Gasteiger partial charge in [-0.3, -0.25) is 4.79 Å². The van der Waals surface area contributed by atoms with Gasteiger partial charge in [-0.25, -0.2) is 0 Å². The minimum Gasteiger partial charge on any atom is -0.358 e. The van der Waals surface area contributed by atoms with Crippen molar-refractivity contribution in [1.82, 2.24) is 9.55 Å². The average molecular weight is 245 g/mol. The van der Waals surface area contributed by atoms with Crippen LogP contribution < -0.4 is 0 Å². The number of imidazole rings is 1. The lowest BCUT2D eigenvalue weighted by Crippen LogP contribution is -2.11. The van der Waals surface area contributed by atoms with E-state index < -0.39 is 4.92 Å². The number of aromatic nitrogens is 2. The molecule has 0 aliphatic carbocycles. The molecule has 1 aromatic carbocycles. The van der Waals surface area contributed by atoms with Crippen LogP contribution in [0.1, 0.15) is 5.56 Å². The highest BCUT2D eigenvalue weighted by Gasteiger charge is 2.12. The minimum absolute atomic E-state index is 0.0199. The fraction of sp³-hybridized carbons (Fsp3) is 0.167. The molecule has 0 aliphatic heterocycles. The van der Waals surface area contributed by atoms with E-state index in [0.29, 0.717) is 6.42 Å². The van der Waals surface area contributed by atoms with Crippen molar-refractivity contribution in [3.63, 3.8) is 0 Å². The van der Waals surface area contributed by atoms with E-state index in [2.05, 4.69) is 4.98 Å². The van der Waals surface area contributed by atoms with Crippen molar-refractivity contribution in [2.24, 2.45) is 0 Å². The van der Waals surface area contributed by atoms with E-state index in [1.807, 2.05) is 30.3 Å². The van der Waals surface area contributed by atoms with E-state index >= 15 is 0 Å². The highest BCUT2D eigenvalue weighted by molar-refractivity contribution is 5.80. The van der Waals surface area contributed by atoms with E-state index in [1.54, 1.807) is 0 Å². The maximum Gasteiger partial charge on any atom is 0.381 e. The summed E-state index contributed by atoms with van der Waals surface area (Å²) in [6, 6.07) is 9.35. The lowest BCUT2D eigenvalue weighted by Gasteiger charge is -2.00. The van der Waals surface area contributed by atoms with Gasteiger partial charge in [0.15, 0.2) is 5.78 Å². The molecule has 1 aromatic heterocycles. The molecule has 0 aliphatic rings. The predicted molar refractivity (Wildman–Crippen MR) is 64.0 cm³/mol. The summed E-state index contributed by atoms with van der Waals surface area (Å²) in [5.74, 6) is -0.268. The molecular weight excluding hydrogens is 234 g/mol. The van der Waals surface area contributed by atoms with Crippen molar-refractivity contribution in [2.75, 3.05) is 0 Å². The van der Waals surface area contributed by atoms with E-state index in [4.69, 9.17) is 0 Å². The Morgan fingerprint density at radius 2 is 2.06 bits per heavy atom. The van der Waals surface area contributed by atoms with Gasteiger partial charge in [0.05, 0.1) is 6.54 Å². The molecule has 92 valence electrons. The normalized spacial score (nSPS) is 10.2. The summed E-state index contributed by atoms with van der Waals surface area (Å²) in [6.07, 6.45) is 2.86. The van der Waals surface area contributed by atoms with Crippen LogP contribution in [0.4, 0.5) is 5.82 Å². The van der Waals surface area contributed by atoms with Gasteiger partial charge in [-0.05, 0) is 15.5 Å². The first-order chi connectivity index (χ1) is 8.65. The summed E-state index contributed by atoms with van der Waals surface area (Å²) in [5.41, 5.74) is 0.928. The maximum atomic E-state index is 11.7. The smallest absolute Gasteiger partial charge is 0.358 e. The zero-order chi connectivity index (χ0) is 13.0. The Labute approximate surface area is 103 Å². The third-order valence-corrected chi connectivity index (χ3v) is 2.41. The number of ketones is 1. The summed E-state index contributed by atoms with van der Waals surface area (Å²) in [4.78, 5) is 25.2. The third-order valence-electron chi connectivity index (χ3n) is 2.41. The van der Waals surface area contributed by atoms with Crippen molar-refractivity contribution in [1.29, 1.82) is 0 Å². The predicted octanol–water partition coefficient (Wildman–Crippen LogP) is 1.60. The monoisotopic (exact) mass is 245 g/mol. The molecule has 0 unspecified atom stereocenters. The van der Waals surface area contributed by atoms with Crippen molar-refractivity contribution < 1.29 is 9.72 Å². The van der Waals surface area contributed by atoms with Gasteiger partial charge >= 0.3 is 5.82 Å². The van der Waals surface area contributed by atoms with Crippen LogP contribution in [0.2, 0.25) is 0 Å². The molecule has 0 spiro atoms. The Hall–Kier alpha value is -2.50. The molecule has 0 amide bonds. The molecule has 0 saturated carbocycles. The SMILES string of the molecule is O=C(Cc1ccccc1)Cn1cnc([N+](=O)[O-])c1. The Morgan fingerprint density at radius 3 is 2.67 bits per heavy atom. The zero-order valence-corrected chi connectivity index (χ0v) is 9.52. The molecule has 0 fully saturated rings. The number of hydrogen-bond donors (Lipinski definition) is 0. The summed E-state index contributed by atoms with van der Waals surface area (Å²) < 4.78 is 1.42. The molecule has 18 heavy (non-hydrogen) atoms. The molecule has 6 nitrogen and oxygen atoms in total. The zero-order valence-electron chi connectivity index (χ0n) is 9.52. The standard InChI is InChI=1S/C12H11N3O3/c16-11(6-10-4-2-1-3-5-10)7-14-8-12(13-9-14)15(17)18/h1-5,8-9H,6-7H2. The van der Waals surface area contributed by atoms with Gasteiger partial charge in [-0.1, -0.05) is 30.3 Å². The second-order valence-electron chi connectivity index (χ2n) is 3.86. The highest BCUT2D eigenvalue weighted by Crippen LogP contribution is 2.07. The van der Waals surface area contributed by atoms with Crippen molar-refractivity contribution >= 4 is 11.6 Å². The van der Waals surface area contributed by atoms with Gasteiger partial charge < -0.3 is 14.7 Å². The molecule has 6 heteroatoms. The van der Waals surface area contributed by atoms with Crippen molar-refractivity contribution in [2.45, 2.75) is 13.0 Å². The molecule has 1 heterocycles. The molecular formula is C12H11N3O3. The molecule has 0 bridgehead atoms. The Bertz CT molecular complexity index is 563. The second-order valence-corrected chi connectivity index (χ2v) is 3.86. The van der Waals surface area contributed by atoms with Crippen LogP contribution in [0.3, 0.4) is 0 Å². The van der Waals surface area contributed by atoms with Gasteiger partial charge in [0, 0.05) is 6.42 Å². The van der Waals surface area contributed by atoms with Gasteiger partial charge in [0.1, 0.15) is 6.20 Å². The van der Waals surface area contributed by atoms with Crippen LogP contribution >= 0.6 is 0 Å². The van der Waals surface area contributed by atoms with Crippen LogP contribution in [0.15, 0.2) is 42.9 Å². The minimum atomic E-state index is -0.585. The topological polar surface area (TPSA) is 78.0 Å². The number of carbonyl (C=O) groups is 1. The quantitative estimate of drug-likeness (QED) is 0.592. The number of benzene rings is 1. The summed E-state index contributed by atoms with van der Waals surface area (Å²) >= 11 is 0. The van der Waals surface area contributed by atoms with E-state index in [9.17, 15) is 14.9 Å². The number of carbonyl (C=O) groups excluding carboxylic acids is 1. The number of nitro groups is 1. The summed E-state index contributed by atoms with van der Waals surface area (Å²) in [6.45, 7) is 0.0930. The molecule has 0 N–H and O–H groups in total. The first-order valence-electron chi connectivity index (χ1n) is 5.37. The Balaban J connectivity index is 1.97. The Morgan fingerprint density at radius 1 is 1.33 bits per heavy atom. The van der Waals surface area contributed by atoms with Crippen molar-refractivity contribution in [3.8, 4) is 0 Å². The van der Waals surface area contributed by atoms with Crippen LogP contribution in [0.5, 0.6) is 0 Å². The Kier molecular flexibility index (Phi) is 3.47. The van der Waals surface area contributed by atoms with Crippen LogP contribution in [-0.4, -0.2) is 20.3 Å². The number of Topliss-reactive ketones (excluding diaryl/α,β-unsaturated/α-hetero) is 1. The summed E-state index contributed by atoms with van der Waals surface area (Å²) in [7, 11) is 0. The molecule has 0 atom stereocenters. The highest BCUT2D eigenvalue weighted by atomic mass is 16.6. The lowest BCUT2D eigenvalue weighted by molar-refractivity contribution is -0.389. The van der Waals surface area contributed by atoms with Crippen molar-refractivity contribution in [3.05, 3.63) is 58.5 Å². The first kappa shape index (κ1) is 12.0. The van der Waals surface area contributed by atoms with Crippen LogP contribution in [0.25, 0.3) is 0 Å². The van der Waals surface area contributed by atoms with E-state index in [0.717, 1.165) is 5.56 Å². The third kappa shape index (κ3) is 3.00. The van der Waals surface area contributed by atoms with Crippen LogP contribution in [0, 0.1) is 10.1 Å². The molecule has 0 radical (unpaired) electrons. The first-order valence-corrected chi connectivity index (χ1v) is 5.37. The number of hydrogen-bond acceptors (Lipinski definition) is 4. The van der Waals surface area contributed by atoms with E-state index in [-0.39, 0.29) is 18.1 Å². The average Bonchev–Trinajstić information content (AvgIpc) is 2.78. The van der Waals surface area contributed by atoms with Gasteiger partial charge in [0.2, 0.25) is 6.33 Å². The summed E-state index contributed by atoms with van der Waals surface area (Å²) in [5, 5.41) is 10.4. The molecule has 2 aromatic rings. The lowest BCUT2D eigenvalue weighted by atomic mass is 10.1. The molecule has 0 saturated heterocycles. The fourth-order valence-corrected chi connectivity index (χ4v) is 1.61. The van der Waals surface area contributed by atoms with Gasteiger partial charge in [-0.2, -0.15) is 0 Å². The number of nitrogens with zero attached hydrogens (tertiary/aromatic N) is 3.